The molecule has 0 spiro atoms. The van der Waals surface area contributed by atoms with Crippen LogP contribution in [-0.4, -0.2) is 82.6 Å². The summed E-state index contributed by atoms with van der Waals surface area (Å²) in [6.07, 6.45) is 0.0605. The van der Waals surface area contributed by atoms with Gasteiger partial charge in [-0.1, -0.05) is 0 Å². The van der Waals surface area contributed by atoms with Crippen LogP contribution < -0.4 is 16.0 Å². The number of rotatable bonds is 7. The molecule has 240 valence electrons. The van der Waals surface area contributed by atoms with E-state index in [-0.39, 0.29) is 48.2 Å². The van der Waals surface area contributed by atoms with Crippen molar-refractivity contribution in [2.45, 2.75) is 37.6 Å². The Balaban J connectivity index is 1.59. The Kier molecular flexibility index (Phi) is 7.96. The van der Waals surface area contributed by atoms with Crippen LogP contribution >= 0.6 is 0 Å². The van der Waals surface area contributed by atoms with E-state index in [4.69, 9.17) is 5.73 Å². The number of likely N-dealkylation sites (N-methyl/N-ethyl adjacent to an activating group) is 1. The molecule has 1 amide bonds. The molecular weight excluding hydrogens is 597 g/mol. The number of fused-ring (bicyclic) bond motifs is 3. The van der Waals surface area contributed by atoms with E-state index in [1.165, 1.54) is 19.0 Å². The summed E-state index contributed by atoms with van der Waals surface area (Å²) in [5, 5.41) is 48.6. The Morgan fingerprint density at radius 1 is 1.04 bits per heavy atom. The SMILES string of the molecule is CN(C)c1cc(CNCc2cc(F)c(F)c(F)c2)c(O)c2c1CC1CC3C(N(C)C)C(=O)C(C(N)=O)=C(O)C3(O)C(=O)C1=C2O. The van der Waals surface area contributed by atoms with Crippen LogP contribution in [0.15, 0.2) is 35.1 Å². The summed E-state index contributed by atoms with van der Waals surface area (Å²) in [5.74, 6) is -11.8. The summed E-state index contributed by atoms with van der Waals surface area (Å²) in [7, 11) is 6.50. The first-order valence-electron chi connectivity index (χ1n) is 14.1. The fourth-order valence-electron chi connectivity index (χ4n) is 6.93. The average Bonchev–Trinajstić information content (AvgIpc) is 2.94. The number of carbonyl (C=O) groups excluding carboxylic acids is 3. The zero-order valence-electron chi connectivity index (χ0n) is 24.9. The van der Waals surface area contributed by atoms with Crippen molar-refractivity contribution in [3.63, 3.8) is 0 Å². The predicted molar refractivity (Wildman–Crippen MR) is 155 cm³/mol. The number of ketones is 2. The Morgan fingerprint density at radius 2 is 1.67 bits per heavy atom. The van der Waals surface area contributed by atoms with Crippen molar-refractivity contribution in [1.29, 1.82) is 0 Å². The topological polar surface area (TPSA) is 177 Å². The van der Waals surface area contributed by atoms with E-state index < -0.39 is 81.2 Å². The first kappa shape index (κ1) is 32.0. The number of carbonyl (C=O) groups is 3. The number of phenolic OH excluding ortho intramolecular Hbond substituents is 1. The summed E-state index contributed by atoms with van der Waals surface area (Å²) in [5.41, 5.74) is 2.71. The highest BCUT2D eigenvalue weighted by atomic mass is 19.2. The third-order valence-corrected chi connectivity index (χ3v) is 8.95. The molecule has 1 saturated carbocycles. The molecule has 0 heterocycles. The van der Waals surface area contributed by atoms with Crippen molar-refractivity contribution in [3.8, 4) is 5.75 Å². The van der Waals surface area contributed by atoms with Gasteiger partial charge in [-0.15, -0.1) is 0 Å². The highest BCUT2D eigenvalue weighted by Crippen LogP contribution is 2.54. The molecule has 5 rings (SSSR count). The molecule has 0 aliphatic heterocycles. The molecule has 0 aromatic heterocycles. The number of Topliss-reactive ketones (excluding diaryl/α,β-unsaturated/α-hetero) is 2. The third-order valence-electron chi connectivity index (χ3n) is 8.95. The molecule has 0 saturated heterocycles. The van der Waals surface area contributed by atoms with Crippen LogP contribution in [0.5, 0.6) is 5.75 Å². The van der Waals surface area contributed by atoms with Crippen LogP contribution in [0.1, 0.15) is 28.7 Å². The molecule has 4 unspecified atom stereocenters. The average molecular weight is 631 g/mol. The number of benzene rings is 2. The van der Waals surface area contributed by atoms with Gasteiger partial charge in [0.25, 0.3) is 5.91 Å². The molecule has 0 bridgehead atoms. The Labute approximate surface area is 256 Å². The third kappa shape index (κ3) is 4.84. The highest BCUT2D eigenvalue weighted by molar-refractivity contribution is 6.24. The number of aliphatic hydroxyl groups is 3. The number of nitrogens with two attached hydrogens (primary N) is 1. The van der Waals surface area contributed by atoms with E-state index in [9.17, 15) is 48.0 Å². The Hall–Kier alpha value is -4.40. The molecule has 14 heteroatoms. The standard InChI is InChI=1S/C31H33F3N4O7/c1-37(2)19-9-14(11-36-10-12-5-17(32)23(34)18(33)6-12)25(39)21-15(19)7-13-8-16-24(38(3)4)27(41)22(30(35)44)29(43)31(16,45)28(42)20(13)26(21)40/h5-6,9,13,16,24,36,39-40,43,45H,7-8,10-11H2,1-4H3,(H2,35,44). The van der Waals surface area contributed by atoms with E-state index in [1.807, 2.05) is 0 Å². The molecule has 7 N–H and O–H groups in total. The van der Waals surface area contributed by atoms with Gasteiger partial charge in [0, 0.05) is 49.9 Å². The summed E-state index contributed by atoms with van der Waals surface area (Å²) in [6.45, 7) is -0.186. The Bertz CT molecular complexity index is 1700. The van der Waals surface area contributed by atoms with E-state index in [0.29, 0.717) is 11.3 Å². The zero-order chi connectivity index (χ0) is 33.3. The molecular formula is C31H33F3N4O7. The van der Waals surface area contributed by atoms with Crippen molar-refractivity contribution < 1.29 is 48.0 Å². The molecule has 4 atom stereocenters. The smallest absolute Gasteiger partial charge is 0.255 e. The minimum atomic E-state index is -2.76. The number of hydrogen-bond acceptors (Lipinski definition) is 10. The van der Waals surface area contributed by atoms with E-state index in [2.05, 4.69) is 5.32 Å². The summed E-state index contributed by atoms with van der Waals surface area (Å²) < 4.78 is 40.7. The molecule has 2 aromatic rings. The van der Waals surface area contributed by atoms with Gasteiger partial charge in [-0.2, -0.15) is 0 Å². The van der Waals surface area contributed by atoms with Crippen LogP contribution in [0.3, 0.4) is 0 Å². The van der Waals surface area contributed by atoms with Gasteiger partial charge < -0.3 is 36.4 Å². The van der Waals surface area contributed by atoms with Crippen LogP contribution in [0, 0.1) is 29.3 Å². The number of primary amides is 1. The lowest BCUT2D eigenvalue weighted by Gasteiger charge is -2.50. The van der Waals surface area contributed by atoms with Gasteiger partial charge >= 0.3 is 0 Å². The maximum atomic E-state index is 14.1. The maximum Gasteiger partial charge on any atom is 0.255 e. The van der Waals surface area contributed by atoms with Crippen molar-refractivity contribution >= 4 is 28.9 Å². The zero-order valence-corrected chi connectivity index (χ0v) is 24.9. The van der Waals surface area contributed by atoms with E-state index in [1.54, 1.807) is 25.1 Å². The number of nitrogens with zero attached hydrogens (tertiary/aromatic N) is 2. The second-order valence-corrected chi connectivity index (χ2v) is 12.1. The lowest BCUT2D eigenvalue weighted by molar-refractivity contribution is -0.153. The molecule has 45 heavy (non-hydrogen) atoms. The predicted octanol–water partition coefficient (Wildman–Crippen LogP) is 1.74. The lowest BCUT2D eigenvalue weighted by Crippen LogP contribution is -2.65. The van der Waals surface area contributed by atoms with Gasteiger partial charge in [0.15, 0.2) is 28.8 Å². The van der Waals surface area contributed by atoms with Crippen molar-refractivity contribution in [1.82, 2.24) is 10.2 Å². The number of nitrogens with one attached hydrogen (secondary N) is 1. The molecule has 11 nitrogen and oxygen atoms in total. The fraction of sp³-hybridized carbons (Fsp3) is 0.387. The minimum Gasteiger partial charge on any atom is -0.508 e. The van der Waals surface area contributed by atoms with Gasteiger partial charge in [0.05, 0.1) is 11.6 Å². The van der Waals surface area contributed by atoms with Gasteiger partial charge in [-0.25, -0.2) is 13.2 Å². The molecule has 0 radical (unpaired) electrons. The fourth-order valence-corrected chi connectivity index (χ4v) is 6.93. The summed E-state index contributed by atoms with van der Waals surface area (Å²) in [4.78, 5) is 42.7. The molecule has 3 aliphatic rings. The van der Waals surface area contributed by atoms with Crippen LogP contribution in [0.2, 0.25) is 0 Å². The van der Waals surface area contributed by atoms with Crippen LogP contribution in [0.4, 0.5) is 18.9 Å². The van der Waals surface area contributed by atoms with Crippen molar-refractivity contribution in [2.75, 3.05) is 33.1 Å². The number of aliphatic hydroxyl groups excluding tert-OH is 2. The second-order valence-electron chi connectivity index (χ2n) is 12.1. The minimum absolute atomic E-state index is 0.0481. The number of anilines is 1. The number of halogens is 3. The molecule has 2 aromatic carbocycles. The number of amides is 1. The first-order valence-corrected chi connectivity index (χ1v) is 14.1. The Morgan fingerprint density at radius 3 is 2.22 bits per heavy atom. The normalized spacial score (nSPS) is 24.5. The summed E-state index contributed by atoms with van der Waals surface area (Å²) in [6, 6.07) is 2.12. The highest BCUT2D eigenvalue weighted by Gasteiger charge is 2.64. The van der Waals surface area contributed by atoms with E-state index in [0.717, 1.165) is 12.1 Å². The maximum absolute atomic E-state index is 14.1. The molecule has 1 fully saturated rings. The van der Waals surface area contributed by atoms with E-state index >= 15 is 0 Å². The first-order chi connectivity index (χ1) is 21.0. The van der Waals surface area contributed by atoms with Gasteiger partial charge in [0.2, 0.25) is 5.78 Å². The quantitative estimate of drug-likeness (QED) is 0.195. The van der Waals surface area contributed by atoms with Gasteiger partial charge in [0.1, 0.15) is 22.8 Å². The number of hydrogen-bond donors (Lipinski definition) is 6. The van der Waals surface area contributed by atoms with Gasteiger partial charge in [-0.05, 0) is 62.2 Å². The van der Waals surface area contributed by atoms with Crippen LogP contribution in [0.25, 0.3) is 5.76 Å². The lowest BCUT2D eigenvalue weighted by atomic mass is 9.57. The number of phenols is 1. The van der Waals surface area contributed by atoms with Crippen molar-refractivity contribution in [2.24, 2.45) is 17.6 Å². The monoisotopic (exact) mass is 630 g/mol. The second kappa shape index (κ2) is 11.2. The van der Waals surface area contributed by atoms with Gasteiger partial charge in [-0.3, -0.25) is 19.3 Å². The van der Waals surface area contributed by atoms with Crippen LogP contribution in [-0.2, 0) is 33.9 Å². The number of aromatic hydroxyl groups is 1. The summed E-state index contributed by atoms with van der Waals surface area (Å²) >= 11 is 0. The van der Waals surface area contributed by atoms with Crippen molar-refractivity contribution in [3.05, 3.63) is 74.8 Å². The molecule has 3 aliphatic carbocycles. The largest absolute Gasteiger partial charge is 0.508 e.